The molecular formula is C25H29FN4O6. The van der Waals surface area contributed by atoms with Crippen LogP contribution in [0.5, 0.6) is 0 Å². The number of non-ortho nitro benzene ring substituents is 1. The number of amides is 2. The maximum absolute atomic E-state index is 13.8. The smallest absolute Gasteiger partial charge is 0.269 e. The second kappa shape index (κ2) is 12.0. The van der Waals surface area contributed by atoms with Gasteiger partial charge in [-0.15, -0.1) is 0 Å². The van der Waals surface area contributed by atoms with Crippen LogP contribution in [0.2, 0.25) is 0 Å². The molecule has 0 spiro atoms. The summed E-state index contributed by atoms with van der Waals surface area (Å²) in [5, 5.41) is 10.9. The van der Waals surface area contributed by atoms with Gasteiger partial charge in [-0.3, -0.25) is 24.6 Å². The molecule has 0 aromatic heterocycles. The summed E-state index contributed by atoms with van der Waals surface area (Å²) in [5.74, 6) is -1.04. The van der Waals surface area contributed by atoms with Gasteiger partial charge in [-0.05, 0) is 30.3 Å². The van der Waals surface area contributed by atoms with Crippen LogP contribution in [-0.4, -0.2) is 103 Å². The van der Waals surface area contributed by atoms with Gasteiger partial charge in [0.05, 0.1) is 30.8 Å². The fraction of sp³-hybridized carbons (Fsp3) is 0.440. The van der Waals surface area contributed by atoms with E-state index >= 15 is 0 Å². The predicted molar refractivity (Wildman–Crippen MR) is 128 cm³/mol. The minimum Gasteiger partial charge on any atom is -0.379 e. The van der Waals surface area contributed by atoms with Crippen molar-refractivity contribution in [3.63, 3.8) is 0 Å². The van der Waals surface area contributed by atoms with Crippen LogP contribution in [0.4, 0.5) is 10.1 Å². The lowest BCUT2D eigenvalue weighted by Crippen LogP contribution is -2.52. The molecule has 10 nitrogen and oxygen atoms in total. The number of halogens is 1. The number of morpholine rings is 2. The zero-order valence-corrected chi connectivity index (χ0v) is 19.9. The summed E-state index contributed by atoms with van der Waals surface area (Å²) in [5.41, 5.74) is 0.519. The summed E-state index contributed by atoms with van der Waals surface area (Å²) in [7, 11) is 0. The van der Waals surface area contributed by atoms with Gasteiger partial charge in [0.15, 0.2) is 0 Å². The second-order valence-corrected chi connectivity index (χ2v) is 8.76. The van der Waals surface area contributed by atoms with Crippen LogP contribution < -0.4 is 0 Å². The van der Waals surface area contributed by atoms with Crippen molar-refractivity contribution in [3.8, 4) is 0 Å². The van der Waals surface area contributed by atoms with E-state index in [1.54, 1.807) is 15.9 Å². The third-order valence-electron chi connectivity index (χ3n) is 6.32. The predicted octanol–water partition coefficient (Wildman–Crippen LogP) is 2.05. The maximum Gasteiger partial charge on any atom is 0.269 e. The number of benzene rings is 2. The molecule has 2 aromatic carbocycles. The Labute approximate surface area is 208 Å². The first kappa shape index (κ1) is 25.7. The van der Waals surface area contributed by atoms with E-state index in [4.69, 9.17) is 9.47 Å². The number of ether oxygens (including phenoxy) is 2. The topological polar surface area (TPSA) is 105 Å². The molecule has 0 aliphatic carbocycles. The number of hydrogen-bond acceptors (Lipinski definition) is 7. The summed E-state index contributed by atoms with van der Waals surface area (Å²) in [6.07, 6.45) is -0.428. The highest BCUT2D eigenvalue weighted by molar-refractivity contribution is 5.95. The Balaban J connectivity index is 1.43. The van der Waals surface area contributed by atoms with Gasteiger partial charge in [0.1, 0.15) is 5.82 Å². The highest BCUT2D eigenvalue weighted by Gasteiger charge is 2.29. The quantitative estimate of drug-likeness (QED) is 0.404. The third-order valence-corrected chi connectivity index (χ3v) is 6.32. The first-order valence-electron chi connectivity index (χ1n) is 11.9. The van der Waals surface area contributed by atoms with Gasteiger partial charge in [-0.2, -0.15) is 0 Å². The van der Waals surface area contributed by atoms with E-state index in [-0.39, 0.29) is 36.2 Å². The van der Waals surface area contributed by atoms with Crippen LogP contribution in [0.15, 0.2) is 48.5 Å². The third kappa shape index (κ3) is 6.62. The fourth-order valence-electron chi connectivity index (χ4n) is 4.34. The number of nitrogens with zero attached hydrogens (tertiary/aromatic N) is 4. The van der Waals surface area contributed by atoms with Gasteiger partial charge in [-0.25, -0.2) is 4.39 Å². The van der Waals surface area contributed by atoms with Gasteiger partial charge in [0.2, 0.25) is 0 Å². The lowest BCUT2D eigenvalue weighted by Gasteiger charge is -2.36. The van der Waals surface area contributed by atoms with Gasteiger partial charge < -0.3 is 19.3 Å². The van der Waals surface area contributed by atoms with E-state index in [1.807, 2.05) is 0 Å². The Kier molecular flexibility index (Phi) is 8.57. The van der Waals surface area contributed by atoms with Crippen molar-refractivity contribution in [2.24, 2.45) is 0 Å². The molecule has 36 heavy (non-hydrogen) atoms. The molecule has 2 aliphatic heterocycles. The fourth-order valence-corrected chi connectivity index (χ4v) is 4.34. The van der Waals surface area contributed by atoms with Gasteiger partial charge in [-0.1, -0.05) is 6.07 Å². The van der Waals surface area contributed by atoms with E-state index in [9.17, 15) is 24.1 Å². The van der Waals surface area contributed by atoms with Crippen LogP contribution >= 0.6 is 0 Å². The SMILES string of the molecule is O=C(c1ccc([N+](=O)[O-])cc1)N1CCO[C@@H](CN(CCN2CCOCC2)C(=O)c2cccc(F)c2)C1. The van der Waals surface area contributed by atoms with E-state index in [0.29, 0.717) is 45.0 Å². The van der Waals surface area contributed by atoms with E-state index in [1.165, 1.54) is 42.5 Å². The van der Waals surface area contributed by atoms with Crippen LogP contribution in [0.3, 0.4) is 0 Å². The largest absolute Gasteiger partial charge is 0.379 e. The minimum absolute atomic E-state index is 0.0850. The number of carbonyl (C=O) groups excluding carboxylic acids is 2. The monoisotopic (exact) mass is 500 g/mol. The van der Waals surface area contributed by atoms with Crippen molar-refractivity contribution in [2.45, 2.75) is 6.10 Å². The molecule has 2 heterocycles. The molecule has 2 amide bonds. The Morgan fingerprint density at radius 1 is 1.06 bits per heavy atom. The standard InChI is InChI=1S/C25H29FN4O6/c26-21-3-1-2-20(16-21)25(32)28(9-8-27-10-13-35-14-11-27)17-23-18-29(12-15-36-23)24(31)19-4-6-22(7-5-19)30(33)34/h1-7,16,23H,8-15,17-18H2/t23-/m0/s1. The van der Waals surface area contributed by atoms with Crippen LogP contribution in [0, 0.1) is 15.9 Å². The van der Waals surface area contributed by atoms with Gasteiger partial charge in [0, 0.05) is 69.1 Å². The lowest BCUT2D eigenvalue weighted by atomic mass is 10.1. The summed E-state index contributed by atoms with van der Waals surface area (Å²) in [4.78, 5) is 42.2. The average molecular weight is 501 g/mol. The van der Waals surface area contributed by atoms with Gasteiger partial charge >= 0.3 is 0 Å². The minimum atomic E-state index is -0.514. The molecule has 0 saturated carbocycles. The molecule has 2 aliphatic rings. The van der Waals surface area contributed by atoms with Crippen LogP contribution in [-0.2, 0) is 9.47 Å². The Bertz CT molecular complexity index is 1080. The molecule has 0 unspecified atom stereocenters. The first-order chi connectivity index (χ1) is 17.4. The van der Waals surface area contributed by atoms with Crippen molar-refractivity contribution in [3.05, 3.63) is 75.6 Å². The number of nitro benzene ring substituents is 1. The molecule has 4 rings (SSSR count). The Morgan fingerprint density at radius 3 is 2.50 bits per heavy atom. The first-order valence-corrected chi connectivity index (χ1v) is 11.9. The number of rotatable bonds is 8. The molecule has 1 atom stereocenters. The highest BCUT2D eigenvalue weighted by Crippen LogP contribution is 2.17. The van der Waals surface area contributed by atoms with Crippen molar-refractivity contribution >= 4 is 17.5 Å². The zero-order valence-electron chi connectivity index (χ0n) is 19.9. The molecular weight excluding hydrogens is 471 g/mol. The summed E-state index contributed by atoms with van der Waals surface area (Å²) in [6, 6.07) is 11.1. The second-order valence-electron chi connectivity index (χ2n) is 8.76. The van der Waals surface area contributed by atoms with Crippen LogP contribution in [0.25, 0.3) is 0 Å². The summed E-state index contributed by atoms with van der Waals surface area (Å²) < 4.78 is 25.1. The summed E-state index contributed by atoms with van der Waals surface area (Å²) in [6.45, 7) is 5.08. The van der Waals surface area contributed by atoms with E-state index in [0.717, 1.165) is 13.1 Å². The van der Waals surface area contributed by atoms with Crippen molar-refractivity contribution in [1.82, 2.24) is 14.7 Å². The zero-order chi connectivity index (χ0) is 25.5. The number of nitro groups is 1. The van der Waals surface area contributed by atoms with Crippen molar-refractivity contribution in [2.75, 3.05) is 65.6 Å². The van der Waals surface area contributed by atoms with Gasteiger partial charge in [0.25, 0.3) is 17.5 Å². The number of hydrogen-bond donors (Lipinski definition) is 0. The maximum atomic E-state index is 13.8. The van der Waals surface area contributed by atoms with Crippen molar-refractivity contribution in [1.29, 1.82) is 0 Å². The number of carbonyl (C=O) groups is 2. The lowest BCUT2D eigenvalue weighted by molar-refractivity contribution is -0.384. The Hall–Kier alpha value is -3.41. The molecule has 0 N–H and O–H groups in total. The normalized spacial score (nSPS) is 18.6. The van der Waals surface area contributed by atoms with Crippen LogP contribution in [0.1, 0.15) is 20.7 Å². The molecule has 192 valence electrons. The molecule has 11 heteroatoms. The van der Waals surface area contributed by atoms with Crippen molar-refractivity contribution < 1.29 is 28.4 Å². The molecule has 2 fully saturated rings. The molecule has 2 aromatic rings. The van der Waals surface area contributed by atoms with E-state index < -0.39 is 16.8 Å². The Morgan fingerprint density at radius 2 is 1.81 bits per heavy atom. The summed E-state index contributed by atoms with van der Waals surface area (Å²) >= 11 is 0. The van der Waals surface area contributed by atoms with E-state index in [2.05, 4.69) is 4.90 Å². The molecule has 0 bridgehead atoms. The average Bonchev–Trinajstić information content (AvgIpc) is 2.91. The molecule has 0 radical (unpaired) electrons. The highest BCUT2D eigenvalue weighted by atomic mass is 19.1. The molecule has 2 saturated heterocycles.